The molecule has 0 aliphatic carbocycles. The molecule has 6 nitrogen and oxygen atoms in total. The van der Waals surface area contributed by atoms with E-state index in [-0.39, 0.29) is 36.3 Å². The van der Waals surface area contributed by atoms with Gasteiger partial charge >= 0.3 is 0 Å². The number of Topliss-reactive ketones (excluding diaryl/α,β-unsaturated/α-hetero) is 1. The normalized spacial score (nSPS) is 18.4. The summed E-state index contributed by atoms with van der Waals surface area (Å²) in [6.07, 6.45) is -0.0171. The number of amides is 1. The second-order valence-electron chi connectivity index (χ2n) is 7.81. The van der Waals surface area contributed by atoms with E-state index in [2.05, 4.69) is 0 Å². The van der Waals surface area contributed by atoms with E-state index in [1.165, 1.54) is 17.0 Å². The van der Waals surface area contributed by atoms with Crippen LogP contribution in [0.25, 0.3) is 5.76 Å². The zero-order valence-electron chi connectivity index (χ0n) is 17.7. The third-order valence-electron chi connectivity index (χ3n) is 5.29. The molecule has 0 bridgehead atoms. The minimum atomic E-state index is -0.811. The van der Waals surface area contributed by atoms with Gasteiger partial charge in [0.2, 0.25) is 0 Å². The number of aliphatic hydroxyl groups is 1. The highest BCUT2D eigenvalue weighted by atomic mass is 16.5. The number of carbonyl (C=O) groups excluding carboxylic acids is 2. The van der Waals surface area contributed by atoms with Crippen molar-refractivity contribution in [2.24, 2.45) is 0 Å². The van der Waals surface area contributed by atoms with E-state index >= 15 is 0 Å². The van der Waals surface area contributed by atoms with Crippen molar-refractivity contribution in [3.05, 3.63) is 70.3 Å². The van der Waals surface area contributed by atoms with Crippen molar-refractivity contribution in [3.8, 4) is 5.75 Å². The summed E-state index contributed by atoms with van der Waals surface area (Å²) in [5, 5.41) is 21.0. The Morgan fingerprint density at radius 2 is 1.83 bits per heavy atom. The maximum atomic E-state index is 12.9. The zero-order chi connectivity index (χ0) is 22.0. The summed E-state index contributed by atoms with van der Waals surface area (Å²) in [5.41, 5.74) is 3.05. The predicted molar refractivity (Wildman–Crippen MR) is 114 cm³/mol. The van der Waals surface area contributed by atoms with E-state index in [9.17, 15) is 19.8 Å². The van der Waals surface area contributed by atoms with Crippen LogP contribution in [0.3, 0.4) is 0 Å². The van der Waals surface area contributed by atoms with Crippen molar-refractivity contribution < 1.29 is 24.5 Å². The summed E-state index contributed by atoms with van der Waals surface area (Å²) < 4.78 is 5.57. The fourth-order valence-electron chi connectivity index (χ4n) is 3.58. The minimum absolute atomic E-state index is 0.0124. The molecule has 1 heterocycles. The van der Waals surface area contributed by atoms with Gasteiger partial charge in [0.25, 0.3) is 11.7 Å². The number of aliphatic hydroxyl groups excluding tert-OH is 1. The number of hydrogen-bond donors (Lipinski definition) is 2. The van der Waals surface area contributed by atoms with Gasteiger partial charge in [0.15, 0.2) is 0 Å². The van der Waals surface area contributed by atoms with Crippen LogP contribution in [-0.4, -0.2) is 46.1 Å². The molecular formula is C24H27NO5. The van der Waals surface area contributed by atoms with Crippen molar-refractivity contribution in [3.63, 3.8) is 0 Å². The largest absolute Gasteiger partial charge is 0.508 e. The molecule has 1 amide bonds. The number of carbonyl (C=O) groups is 2. The summed E-state index contributed by atoms with van der Waals surface area (Å²) in [6.45, 7) is 8.10. The Morgan fingerprint density at radius 1 is 1.10 bits per heavy atom. The number of phenolic OH excluding ortho intramolecular Hbond substituents is 1. The van der Waals surface area contributed by atoms with Gasteiger partial charge in [-0.1, -0.05) is 24.3 Å². The number of phenols is 1. The molecule has 158 valence electrons. The minimum Gasteiger partial charge on any atom is -0.508 e. The molecule has 1 fully saturated rings. The predicted octanol–water partition coefficient (Wildman–Crippen LogP) is 3.86. The Hall–Kier alpha value is -3.12. The first-order valence-electron chi connectivity index (χ1n) is 9.97. The molecule has 0 aromatic heterocycles. The molecule has 1 atom stereocenters. The van der Waals surface area contributed by atoms with Crippen LogP contribution in [0.1, 0.15) is 42.1 Å². The summed E-state index contributed by atoms with van der Waals surface area (Å²) in [6, 6.07) is 11.0. The smallest absolute Gasteiger partial charge is 0.295 e. The summed E-state index contributed by atoms with van der Waals surface area (Å²) in [4.78, 5) is 27.2. The van der Waals surface area contributed by atoms with Gasteiger partial charge in [-0.2, -0.15) is 0 Å². The highest BCUT2D eigenvalue weighted by Crippen LogP contribution is 2.40. The first-order valence-corrected chi connectivity index (χ1v) is 9.97. The second-order valence-corrected chi connectivity index (χ2v) is 7.81. The molecule has 1 aliphatic rings. The Morgan fingerprint density at radius 3 is 2.47 bits per heavy atom. The maximum absolute atomic E-state index is 12.9. The lowest BCUT2D eigenvalue weighted by molar-refractivity contribution is -0.140. The number of aromatic hydroxyl groups is 1. The zero-order valence-corrected chi connectivity index (χ0v) is 17.7. The number of ketones is 1. The molecule has 30 heavy (non-hydrogen) atoms. The standard InChI is InChI=1S/C24H27NO5/c1-14(2)30-11-10-25-21(17-6-5-7-19(26)13-17)20(23(28)24(25)29)22(27)18-9-8-15(3)16(4)12-18/h5-9,12-14,21,26-27H,10-11H2,1-4H3/b22-20-. The SMILES string of the molecule is Cc1ccc(/C(O)=C2/C(=O)C(=O)N(CCOC(C)C)C2c2cccc(O)c2)cc1C. The number of hydrogen-bond acceptors (Lipinski definition) is 5. The lowest BCUT2D eigenvalue weighted by Crippen LogP contribution is -2.33. The molecule has 1 aliphatic heterocycles. The topological polar surface area (TPSA) is 87.1 Å². The van der Waals surface area contributed by atoms with Gasteiger partial charge in [-0.05, 0) is 62.6 Å². The van der Waals surface area contributed by atoms with Crippen molar-refractivity contribution in [2.75, 3.05) is 13.2 Å². The Labute approximate surface area is 176 Å². The van der Waals surface area contributed by atoms with Crippen LogP contribution in [0.5, 0.6) is 5.75 Å². The van der Waals surface area contributed by atoms with E-state index in [0.29, 0.717) is 11.1 Å². The molecule has 0 spiro atoms. The van der Waals surface area contributed by atoms with Crippen molar-refractivity contribution in [1.29, 1.82) is 0 Å². The van der Waals surface area contributed by atoms with Crippen LogP contribution in [0.15, 0.2) is 48.0 Å². The van der Waals surface area contributed by atoms with Gasteiger partial charge in [-0.15, -0.1) is 0 Å². The van der Waals surface area contributed by atoms with Gasteiger partial charge < -0.3 is 19.8 Å². The first kappa shape index (κ1) is 21.6. The van der Waals surface area contributed by atoms with Gasteiger partial charge in [-0.3, -0.25) is 9.59 Å². The number of rotatable bonds is 6. The molecule has 6 heteroatoms. The lowest BCUT2D eigenvalue weighted by atomic mass is 9.94. The third-order valence-corrected chi connectivity index (χ3v) is 5.29. The molecule has 3 rings (SSSR count). The van der Waals surface area contributed by atoms with Crippen molar-refractivity contribution in [2.45, 2.75) is 39.8 Å². The van der Waals surface area contributed by atoms with Crippen LogP contribution in [0.4, 0.5) is 0 Å². The van der Waals surface area contributed by atoms with E-state index in [4.69, 9.17) is 4.74 Å². The lowest BCUT2D eigenvalue weighted by Gasteiger charge is -2.25. The third kappa shape index (κ3) is 4.24. The quantitative estimate of drug-likeness (QED) is 0.430. The summed E-state index contributed by atoms with van der Waals surface area (Å²) in [7, 11) is 0. The fraction of sp³-hybridized carbons (Fsp3) is 0.333. The molecule has 2 N–H and O–H groups in total. The average molecular weight is 409 g/mol. The van der Waals surface area contributed by atoms with E-state index in [1.807, 2.05) is 33.8 Å². The number of ether oxygens (including phenoxy) is 1. The number of likely N-dealkylation sites (tertiary alicyclic amines) is 1. The van der Waals surface area contributed by atoms with Gasteiger partial charge in [-0.25, -0.2) is 0 Å². The van der Waals surface area contributed by atoms with Crippen LogP contribution < -0.4 is 0 Å². The van der Waals surface area contributed by atoms with Crippen LogP contribution in [-0.2, 0) is 14.3 Å². The molecule has 0 saturated carbocycles. The summed E-state index contributed by atoms with van der Waals surface area (Å²) >= 11 is 0. The second kappa shape index (κ2) is 8.71. The summed E-state index contributed by atoms with van der Waals surface area (Å²) in [5.74, 6) is -1.65. The van der Waals surface area contributed by atoms with Crippen molar-refractivity contribution >= 4 is 17.4 Å². The fourth-order valence-corrected chi connectivity index (χ4v) is 3.58. The van der Waals surface area contributed by atoms with E-state index < -0.39 is 17.7 Å². The molecular weight excluding hydrogens is 382 g/mol. The number of aryl methyl sites for hydroxylation is 2. The van der Waals surface area contributed by atoms with E-state index in [0.717, 1.165) is 11.1 Å². The van der Waals surface area contributed by atoms with Gasteiger partial charge in [0.1, 0.15) is 11.5 Å². The van der Waals surface area contributed by atoms with E-state index in [1.54, 1.807) is 24.3 Å². The molecule has 2 aromatic carbocycles. The van der Waals surface area contributed by atoms with Crippen molar-refractivity contribution in [1.82, 2.24) is 4.90 Å². The number of benzene rings is 2. The Kier molecular flexibility index (Phi) is 6.27. The Balaban J connectivity index is 2.12. The first-order chi connectivity index (χ1) is 14.2. The highest BCUT2D eigenvalue weighted by Gasteiger charge is 2.46. The van der Waals surface area contributed by atoms with Crippen LogP contribution in [0, 0.1) is 13.8 Å². The highest BCUT2D eigenvalue weighted by molar-refractivity contribution is 6.46. The van der Waals surface area contributed by atoms with Gasteiger partial charge in [0, 0.05) is 12.1 Å². The maximum Gasteiger partial charge on any atom is 0.295 e. The molecule has 1 unspecified atom stereocenters. The molecule has 0 radical (unpaired) electrons. The molecule has 2 aromatic rings. The monoisotopic (exact) mass is 409 g/mol. The Bertz CT molecular complexity index is 1010. The van der Waals surface area contributed by atoms with Crippen LogP contribution >= 0.6 is 0 Å². The average Bonchev–Trinajstić information content (AvgIpc) is 2.94. The van der Waals surface area contributed by atoms with Crippen LogP contribution in [0.2, 0.25) is 0 Å². The number of nitrogens with zero attached hydrogens (tertiary/aromatic N) is 1. The molecule has 1 saturated heterocycles. The van der Waals surface area contributed by atoms with Gasteiger partial charge in [0.05, 0.1) is 24.3 Å².